The van der Waals surface area contributed by atoms with Crippen molar-refractivity contribution in [3.8, 4) is 0 Å². The Balaban J connectivity index is 1.71. The maximum atomic E-state index is 10.1. The first-order valence-corrected chi connectivity index (χ1v) is 8.08. The third-order valence-electron chi connectivity index (χ3n) is 4.21. The van der Waals surface area contributed by atoms with Gasteiger partial charge < -0.3 is 44.8 Å². The van der Waals surface area contributed by atoms with Crippen molar-refractivity contribution in [1.82, 2.24) is 0 Å². The van der Waals surface area contributed by atoms with Crippen molar-refractivity contribution < 1.29 is 44.8 Å². The molecule has 0 saturated carbocycles. The van der Waals surface area contributed by atoms with Crippen LogP contribution in [0.3, 0.4) is 0 Å². The van der Waals surface area contributed by atoms with E-state index in [1.165, 1.54) is 11.8 Å². The van der Waals surface area contributed by atoms with Crippen LogP contribution in [0.4, 0.5) is 0 Å². The predicted molar refractivity (Wildman–Crippen MR) is 71.8 cm³/mol. The molecule has 0 amide bonds. The first-order chi connectivity index (χ1) is 10.4. The molecule has 10 atom stereocenters. The summed E-state index contributed by atoms with van der Waals surface area (Å²) in [4.78, 5) is 0. The summed E-state index contributed by atoms with van der Waals surface area (Å²) >= 11 is 1.35. The lowest BCUT2D eigenvalue weighted by Gasteiger charge is -2.43. The number of rotatable bonds is 3. The van der Waals surface area contributed by atoms with Crippen LogP contribution in [0.25, 0.3) is 0 Å². The average molecular weight is 340 g/mol. The molecule has 3 aliphatic rings. The van der Waals surface area contributed by atoms with Crippen molar-refractivity contribution in [3.63, 3.8) is 0 Å². The highest BCUT2D eigenvalue weighted by atomic mass is 32.2. The van der Waals surface area contributed by atoms with Gasteiger partial charge in [-0.2, -0.15) is 0 Å². The van der Waals surface area contributed by atoms with Gasteiger partial charge in [0.25, 0.3) is 0 Å². The molecule has 9 nitrogen and oxygen atoms in total. The summed E-state index contributed by atoms with van der Waals surface area (Å²) < 4.78 is 16.2. The third-order valence-corrected chi connectivity index (χ3v) is 5.44. The quantitative estimate of drug-likeness (QED) is 0.304. The molecule has 3 heterocycles. The van der Waals surface area contributed by atoms with E-state index in [0.717, 1.165) is 0 Å². The van der Waals surface area contributed by atoms with Crippen LogP contribution in [0.15, 0.2) is 0 Å². The van der Waals surface area contributed by atoms with E-state index in [9.17, 15) is 25.5 Å². The fourth-order valence-electron chi connectivity index (χ4n) is 2.87. The van der Waals surface area contributed by atoms with Crippen LogP contribution in [0.5, 0.6) is 0 Å². The van der Waals surface area contributed by atoms with Crippen molar-refractivity contribution in [2.75, 3.05) is 12.4 Å². The monoisotopic (exact) mass is 340 g/mol. The molecule has 2 bridgehead atoms. The molecule has 0 aliphatic carbocycles. The van der Waals surface area contributed by atoms with E-state index in [4.69, 9.17) is 19.3 Å². The zero-order chi connectivity index (χ0) is 16.0. The molecule has 0 spiro atoms. The summed E-state index contributed by atoms with van der Waals surface area (Å²) in [6, 6.07) is 0. The molecule has 3 fully saturated rings. The highest BCUT2D eigenvalue weighted by Gasteiger charge is 2.52. The maximum Gasteiger partial charge on any atom is 0.187 e. The van der Waals surface area contributed by atoms with E-state index in [-0.39, 0.29) is 0 Å². The molecule has 3 aliphatic heterocycles. The van der Waals surface area contributed by atoms with Crippen molar-refractivity contribution in [3.05, 3.63) is 0 Å². The zero-order valence-corrected chi connectivity index (χ0v) is 12.3. The second-order valence-corrected chi connectivity index (χ2v) is 6.79. The average Bonchev–Trinajstić information content (AvgIpc) is 2.96. The minimum absolute atomic E-state index is 0.485. The highest BCUT2D eigenvalue weighted by Crippen LogP contribution is 2.39. The Bertz CT molecular complexity index is 397. The standard InChI is InChI=1S/C12H20O9S/c13-1-3-5(14)6(15)8(17)11(19-3)21-10-4-2-22-12(20-4)9(18)7(10)16/h3-18H,1-2H2/t3-,4-,5+,6+,7+,8+,9-,10-,11+,12-/m0/s1. The Hall–Kier alpha value is -0.0100. The van der Waals surface area contributed by atoms with E-state index >= 15 is 0 Å². The molecular formula is C12H20O9S. The molecule has 10 heteroatoms. The Kier molecular flexibility index (Phi) is 4.95. The summed E-state index contributed by atoms with van der Waals surface area (Å²) in [7, 11) is 0. The summed E-state index contributed by atoms with van der Waals surface area (Å²) in [5.41, 5.74) is -0.519. The normalized spacial score (nSPS) is 55.4. The van der Waals surface area contributed by atoms with Gasteiger partial charge in [0, 0.05) is 5.75 Å². The van der Waals surface area contributed by atoms with Gasteiger partial charge in [0.05, 0.1) is 12.7 Å². The topological polar surface area (TPSA) is 149 Å². The Morgan fingerprint density at radius 2 is 1.64 bits per heavy atom. The van der Waals surface area contributed by atoms with Crippen LogP contribution < -0.4 is 0 Å². The maximum absolute atomic E-state index is 10.1. The summed E-state index contributed by atoms with van der Waals surface area (Å²) in [6.45, 7) is -0.571. The fourth-order valence-corrected chi connectivity index (χ4v) is 4.10. The van der Waals surface area contributed by atoms with Crippen molar-refractivity contribution >= 4 is 11.8 Å². The molecular weight excluding hydrogens is 320 g/mol. The van der Waals surface area contributed by atoms with Gasteiger partial charge in [-0.3, -0.25) is 0 Å². The van der Waals surface area contributed by atoms with Crippen LogP contribution in [0, 0.1) is 0 Å². The van der Waals surface area contributed by atoms with Gasteiger partial charge >= 0.3 is 0 Å². The molecule has 3 saturated heterocycles. The number of hydrogen-bond donors (Lipinski definition) is 6. The molecule has 128 valence electrons. The van der Waals surface area contributed by atoms with Gasteiger partial charge in [0.1, 0.15) is 48.2 Å². The highest BCUT2D eigenvalue weighted by molar-refractivity contribution is 8.00. The van der Waals surface area contributed by atoms with Crippen LogP contribution in [0.2, 0.25) is 0 Å². The Morgan fingerprint density at radius 3 is 2.32 bits per heavy atom. The minimum atomic E-state index is -1.56. The molecule has 0 aromatic rings. The third kappa shape index (κ3) is 2.77. The molecule has 0 aromatic heterocycles. The number of ether oxygens (including phenoxy) is 3. The minimum Gasteiger partial charge on any atom is -0.394 e. The molecule has 0 aromatic carbocycles. The molecule has 22 heavy (non-hydrogen) atoms. The number of aliphatic hydroxyl groups is 6. The lowest BCUT2D eigenvalue weighted by molar-refractivity contribution is -0.334. The van der Waals surface area contributed by atoms with Gasteiger partial charge in [-0.25, -0.2) is 0 Å². The van der Waals surface area contributed by atoms with Gasteiger partial charge in [-0.15, -0.1) is 11.8 Å². The number of aliphatic hydroxyl groups excluding tert-OH is 6. The second kappa shape index (κ2) is 6.48. The number of fused-ring (bicyclic) bond motifs is 2. The largest absolute Gasteiger partial charge is 0.394 e. The van der Waals surface area contributed by atoms with Crippen LogP contribution in [0.1, 0.15) is 0 Å². The van der Waals surface area contributed by atoms with Gasteiger partial charge in [-0.1, -0.05) is 0 Å². The second-order valence-electron chi connectivity index (χ2n) is 5.66. The number of thioether (sulfide) groups is 1. The fraction of sp³-hybridized carbons (Fsp3) is 1.00. The summed E-state index contributed by atoms with van der Waals surface area (Å²) in [5.74, 6) is 0.501. The summed E-state index contributed by atoms with van der Waals surface area (Å²) in [6.07, 6.45) is -10.9. The molecule has 6 N–H and O–H groups in total. The first-order valence-electron chi connectivity index (χ1n) is 7.03. The Labute approximate surface area is 130 Å². The van der Waals surface area contributed by atoms with Crippen LogP contribution in [-0.4, -0.2) is 104 Å². The predicted octanol–water partition coefficient (Wildman–Crippen LogP) is -3.63. The zero-order valence-electron chi connectivity index (χ0n) is 11.5. The van der Waals surface area contributed by atoms with E-state index in [0.29, 0.717) is 5.75 Å². The Morgan fingerprint density at radius 1 is 0.909 bits per heavy atom. The van der Waals surface area contributed by atoms with E-state index < -0.39 is 67.2 Å². The number of hydrogen-bond acceptors (Lipinski definition) is 10. The van der Waals surface area contributed by atoms with E-state index in [2.05, 4.69) is 0 Å². The first kappa shape index (κ1) is 16.8. The lowest BCUT2D eigenvalue weighted by atomic mass is 9.98. The van der Waals surface area contributed by atoms with E-state index in [1.54, 1.807) is 0 Å². The molecule has 0 unspecified atom stereocenters. The van der Waals surface area contributed by atoms with Crippen molar-refractivity contribution in [2.24, 2.45) is 0 Å². The lowest BCUT2D eigenvalue weighted by Crippen LogP contribution is -2.62. The van der Waals surface area contributed by atoms with Crippen molar-refractivity contribution in [2.45, 2.75) is 60.6 Å². The summed E-state index contributed by atoms with van der Waals surface area (Å²) in [5, 5.41) is 58.5. The SMILES string of the molecule is OC[C@@H]1O[C@H](O[C@@H]2[C@H](O)[C@H](O)[C@H]3O[C@H]2CS3)[C@H](O)[C@H](O)[C@@H]1O. The van der Waals surface area contributed by atoms with Crippen LogP contribution in [-0.2, 0) is 14.2 Å². The van der Waals surface area contributed by atoms with E-state index in [1.807, 2.05) is 0 Å². The van der Waals surface area contributed by atoms with Crippen LogP contribution >= 0.6 is 11.8 Å². The smallest absolute Gasteiger partial charge is 0.187 e. The van der Waals surface area contributed by atoms with Crippen molar-refractivity contribution in [1.29, 1.82) is 0 Å². The van der Waals surface area contributed by atoms with Gasteiger partial charge in [0.2, 0.25) is 0 Å². The van der Waals surface area contributed by atoms with Gasteiger partial charge in [0.15, 0.2) is 6.29 Å². The van der Waals surface area contributed by atoms with Gasteiger partial charge in [-0.05, 0) is 0 Å². The molecule has 0 radical (unpaired) electrons. The molecule has 3 rings (SSSR count).